The Bertz CT molecular complexity index is 991. The topological polar surface area (TPSA) is 64.0 Å². The fraction of sp³-hybridized carbons (Fsp3) is 0.316. The van der Waals surface area contributed by atoms with E-state index in [1.807, 2.05) is 30.3 Å². The Hall–Kier alpha value is -2.47. The highest BCUT2D eigenvalue weighted by molar-refractivity contribution is 7.18. The van der Waals surface area contributed by atoms with Crippen LogP contribution < -0.4 is 10.9 Å². The summed E-state index contributed by atoms with van der Waals surface area (Å²) in [6.07, 6.45) is 4.53. The van der Waals surface area contributed by atoms with Crippen molar-refractivity contribution in [2.24, 2.45) is 5.92 Å². The van der Waals surface area contributed by atoms with Gasteiger partial charge in [-0.3, -0.25) is 14.2 Å². The highest BCUT2D eigenvalue weighted by atomic mass is 32.1. The molecule has 1 aliphatic rings. The van der Waals surface area contributed by atoms with Gasteiger partial charge < -0.3 is 5.32 Å². The van der Waals surface area contributed by atoms with Crippen molar-refractivity contribution in [2.75, 3.05) is 5.32 Å². The van der Waals surface area contributed by atoms with Gasteiger partial charge in [0.05, 0.1) is 11.7 Å². The summed E-state index contributed by atoms with van der Waals surface area (Å²) in [6.45, 7) is 2.21. The molecule has 0 bridgehead atoms. The monoisotopic (exact) mass is 353 g/mol. The first-order chi connectivity index (χ1) is 12.1. The summed E-state index contributed by atoms with van der Waals surface area (Å²) in [5.41, 5.74) is 1.75. The molecule has 1 unspecified atom stereocenters. The van der Waals surface area contributed by atoms with Crippen molar-refractivity contribution in [3.05, 3.63) is 57.5 Å². The first-order valence-electron chi connectivity index (χ1n) is 8.46. The summed E-state index contributed by atoms with van der Waals surface area (Å²) in [7, 11) is 0. The lowest BCUT2D eigenvalue weighted by atomic mass is 9.89. The Morgan fingerprint density at radius 1 is 1.36 bits per heavy atom. The number of fused-ring (bicyclic) bond motifs is 3. The van der Waals surface area contributed by atoms with Crippen LogP contribution in [0.15, 0.2) is 41.5 Å². The maximum absolute atomic E-state index is 12.9. The average molecular weight is 353 g/mol. The number of hydrogen-bond donors (Lipinski definition) is 1. The highest BCUT2D eigenvalue weighted by Crippen LogP contribution is 2.35. The van der Waals surface area contributed by atoms with Crippen LogP contribution >= 0.6 is 11.3 Å². The van der Waals surface area contributed by atoms with E-state index in [9.17, 15) is 9.59 Å². The van der Waals surface area contributed by atoms with E-state index in [1.165, 1.54) is 15.8 Å². The van der Waals surface area contributed by atoms with Crippen molar-refractivity contribution in [1.29, 1.82) is 0 Å². The van der Waals surface area contributed by atoms with Crippen LogP contribution in [-0.2, 0) is 24.2 Å². The molecule has 0 radical (unpaired) electrons. The van der Waals surface area contributed by atoms with Crippen LogP contribution in [0, 0.1) is 5.92 Å². The van der Waals surface area contributed by atoms with Gasteiger partial charge in [-0.15, -0.1) is 11.3 Å². The van der Waals surface area contributed by atoms with E-state index < -0.39 is 0 Å². The molecule has 1 N–H and O–H groups in total. The van der Waals surface area contributed by atoms with Crippen LogP contribution in [0.1, 0.15) is 23.8 Å². The maximum Gasteiger partial charge on any atom is 0.262 e. The zero-order chi connectivity index (χ0) is 17.4. The van der Waals surface area contributed by atoms with Crippen molar-refractivity contribution in [2.45, 2.75) is 32.7 Å². The maximum atomic E-state index is 12.9. The largest absolute Gasteiger partial charge is 0.325 e. The molecule has 3 aromatic rings. The molecule has 6 heteroatoms. The van der Waals surface area contributed by atoms with Gasteiger partial charge in [-0.05, 0) is 42.9 Å². The lowest BCUT2D eigenvalue weighted by Crippen LogP contribution is -2.28. The molecule has 2 aromatic heterocycles. The average Bonchev–Trinajstić information content (AvgIpc) is 2.96. The Morgan fingerprint density at radius 2 is 2.16 bits per heavy atom. The molecular weight excluding hydrogens is 334 g/mol. The minimum absolute atomic E-state index is 0.0301. The number of aryl methyl sites for hydroxylation is 1. The lowest BCUT2D eigenvalue weighted by Gasteiger charge is -2.17. The van der Waals surface area contributed by atoms with Crippen LogP contribution in [0.4, 0.5) is 5.69 Å². The second kappa shape index (κ2) is 6.44. The number of hydrogen-bond acceptors (Lipinski definition) is 4. The van der Waals surface area contributed by atoms with Gasteiger partial charge >= 0.3 is 0 Å². The fourth-order valence-electron chi connectivity index (χ4n) is 3.36. The zero-order valence-corrected chi connectivity index (χ0v) is 14.8. The summed E-state index contributed by atoms with van der Waals surface area (Å²) in [5, 5.41) is 3.51. The third-order valence-electron chi connectivity index (χ3n) is 4.65. The molecule has 1 amide bonds. The molecule has 0 spiro atoms. The molecule has 128 valence electrons. The zero-order valence-electron chi connectivity index (χ0n) is 14.0. The van der Waals surface area contributed by atoms with E-state index >= 15 is 0 Å². The third-order valence-corrected chi connectivity index (χ3v) is 5.82. The van der Waals surface area contributed by atoms with Crippen molar-refractivity contribution in [1.82, 2.24) is 9.55 Å². The third kappa shape index (κ3) is 3.09. The van der Waals surface area contributed by atoms with Crippen molar-refractivity contribution in [3.8, 4) is 0 Å². The second-order valence-corrected chi connectivity index (χ2v) is 7.71. The van der Waals surface area contributed by atoms with Crippen LogP contribution in [0.3, 0.4) is 0 Å². The molecule has 0 saturated carbocycles. The van der Waals surface area contributed by atoms with E-state index in [0.717, 1.165) is 35.3 Å². The van der Waals surface area contributed by atoms with Gasteiger partial charge in [0.2, 0.25) is 5.91 Å². The predicted octanol–water partition coefficient (Wildman–Crippen LogP) is 3.22. The minimum Gasteiger partial charge on any atom is -0.325 e. The van der Waals surface area contributed by atoms with Crippen molar-refractivity contribution >= 4 is 33.1 Å². The van der Waals surface area contributed by atoms with E-state index in [2.05, 4.69) is 17.2 Å². The molecule has 0 aliphatic heterocycles. The van der Waals surface area contributed by atoms with Gasteiger partial charge in [0.25, 0.3) is 5.56 Å². The number of para-hydroxylation sites is 1. The number of rotatable bonds is 3. The van der Waals surface area contributed by atoms with Crippen LogP contribution in [0.2, 0.25) is 0 Å². The van der Waals surface area contributed by atoms with Gasteiger partial charge in [0, 0.05) is 10.6 Å². The van der Waals surface area contributed by atoms with E-state index in [1.54, 1.807) is 11.3 Å². The summed E-state index contributed by atoms with van der Waals surface area (Å²) in [6, 6.07) is 9.23. The van der Waals surface area contributed by atoms with Gasteiger partial charge in [0.1, 0.15) is 11.4 Å². The number of amides is 1. The van der Waals surface area contributed by atoms with Gasteiger partial charge in [-0.1, -0.05) is 25.1 Å². The number of nitrogens with one attached hydrogen (secondary N) is 1. The van der Waals surface area contributed by atoms with Gasteiger partial charge in [-0.25, -0.2) is 4.98 Å². The van der Waals surface area contributed by atoms with Crippen molar-refractivity contribution < 1.29 is 4.79 Å². The Balaban J connectivity index is 1.63. The molecule has 4 rings (SSSR count). The van der Waals surface area contributed by atoms with Crippen molar-refractivity contribution in [3.63, 3.8) is 0 Å². The lowest BCUT2D eigenvalue weighted by molar-refractivity contribution is -0.116. The standard InChI is InChI=1S/C19H19N3O2S/c1-12-7-8-14-15(9-12)25-18-17(14)19(24)22(11-20-18)10-16(23)21-13-5-3-2-4-6-13/h2-6,11-12H,7-10H2,1H3,(H,21,23). The molecule has 1 atom stereocenters. The fourth-order valence-corrected chi connectivity index (χ4v) is 4.70. The van der Waals surface area contributed by atoms with Gasteiger partial charge in [-0.2, -0.15) is 0 Å². The molecule has 1 aromatic carbocycles. The number of carbonyl (C=O) groups is 1. The Labute approximate surface area is 149 Å². The van der Waals surface area contributed by atoms with E-state index in [4.69, 9.17) is 0 Å². The number of thiophene rings is 1. The molecule has 0 fully saturated rings. The summed E-state index contributed by atoms with van der Waals surface area (Å²) in [4.78, 5) is 31.6. The number of anilines is 1. The first kappa shape index (κ1) is 16.0. The SMILES string of the molecule is CC1CCc2c(sc3ncn(CC(=O)Nc4ccccc4)c(=O)c23)C1. The minimum atomic E-state index is -0.229. The summed E-state index contributed by atoms with van der Waals surface area (Å²) >= 11 is 1.62. The predicted molar refractivity (Wildman–Crippen MR) is 100 cm³/mol. The normalized spacial score (nSPS) is 16.6. The summed E-state index contributed by atoms with van der Waals surface area (Å²) in [5.74, 6) is 0.423. The first-order valence-corrected chi connectivity index (χ1v) is 9.28. The smallest absolute Gasteiger partial charge is 0.262 e. The van der Waals surface area contributed by atoms with E-state index in [-0.39, 0.29) is 18.0 Å². The highest BCUT2D eigenvalue weighted by Gasteiger charge is 2.23. The molecule has 2 heterocycles. The summed E-state index contributed by atoms with van der Waals surface area (Å²) < 4.78 is 1.41. The van der Waals surface area contributed by atoms with Crippen LogP contribution in [0.5, 0.6) is 0 Å². The Morgan fingerprint density at radius 3 is 2.96 bits per heavy atom. The molecule has 5 nitrogen and oxygen atoms in total. The number of carbonyl (C=O) groups excluding carboxylic acids is 1. The molecule has 25 heavy (non-hydrogen) atoms. The second-order valence-electron chi connectivity index (χ2n) is 6.62. The Kier molecular flexibility index (Phi) is 4.13. The molecule has 0 saturated heterocycles. The molecule has 1 aliphatic carbocycles. The number of nitrogens with zero attached hydrogens (tertiary/aromatic N) is 2. The quantitative estimate of drug-likeness (QED) is 0.786. The molecular formula is C19H19N3O2S. The van der Waals surface area contributed by atoms with Crippen LogP contribution in [0.25, 0.3) is 10.2 Å². The van der Waals surface area contributed by atoms with Gasteiger partial charge in [0.15, 0.2) is 0 Å². The number of aromatic nitrogens is 2. The number of benzene rings is 1. The van der Waals surface area contributed by atoms with E-state index in [0.29, 0.717) is 11.3 Å². The van der Waals surface area contributed by atoms with Crippen LogP contribution in [-0.4, -0.2) is 15.5 Å².